The monoisotopic (exact) mass is 305 g/mol. The third-order valence-electron chi connectivity index (χ3n) is 3.63. The number of benzene rings is 1. The fourth-order valence-corrected chi connectivity index (χ4v) is 2.53. The van der Waals surface area contributed by atoms with Crippen molar-refractivity contribution in [3.05, 3.63) is 47.2 Å². The SMILES string of the molecule is C/C(N)=N/C(NC1CCN(C)C1)=C(\N)Cc1ccc(F)cc1. The predicted molar refractivity (Wildman–Crippen MR) is 87.7 cm³/mol. The molecule has 0 radical (unpaired) electrons. The van der Waals surface area contributed by atoms with Crippen LogP contribution in [-0.4, -0.2) is 36.9 Å². The van der Waals surface area contributed by atoms with Crippen LogP contribution < -0.4 is 16.8 Å². The van der Waals surface area contributed by atoms with Crippen LogP contribution in [0.1, 0.15) is 18.9 Å². The first kappa shape index (κ1) is 16.3. The van der Waals surface area contributed by atoms with E-state index in [9.17, 15) is 4.39 Å². The minimum absolute atomic E-state index is 0.255. The van der Waals surface area contributed by atoms with E-state index in [1.807, 2.05) is 0 Å². The minimum atomic E-state index is -0.255. The van der Waals surface area contributed by atoms with Gasteiger partial charge in [-0.3, -0.25) is 0 Å². The first-order valence-electron chi connectivity index (χ1n) is 7.43. The Morgan fingerprint density at radius 1 is 1.36 bits per heavy atom. The summed E-state index contributed by atoms with van der Waals surface area (Å²) in [6, 6.07) is 6.62. The Hall–Kier alpha value is -2.08. The Kier molecular flexibility index (Phi) is 5.38. The Balaban J connectivity index is 2.14. The molecule has 1 heterocycles. The molecule has 2 rings (SSSR count). The molecule has 1 aliphatic rings. The zero-order chi connectivity index (χ0) is 16.1. The Labute approximate surface area is 130 Å². The van der Waals surface area contributed by atoms with Crippen LogP contribution in [0.4, 0.5) is 4.39 Å². The molecule has 0 bridgehead atoms. The molecule has 0 aliphatic carbocycles. The molecule has 22 heavy (non-hydrogen) atoms. The lowest BCUT2D eigenvalue weighted by molar-refractivity contribution is 0.403. The van der Waals surface area contributed by atoms with E-state index in [1.165, 1.54) is 12.1 Å². The van der Waals surface area contributed by atoms with Crippen molar-refractivity contribution in [2.75, 3.05) is 20.1 Å². The molecule has 5 nitrogen and oxygen atoms in total. The van der Waals surface area contributed by atoms with Crippen LogP contribution in [0.15, 0.2) is 40.8 Å². The third kappa shape index (κ3) is 4.73. The fraction of sp³-hybridized carbons (Fsp3) is 0.438. The van der Waals surface area contributed by atoms with Gasteiger partial charge in [-0.25, -0.2) is 9.38 Å². The van der Waals surface area contributed by atoms with Crippen LogP contribution >= 0.6 is 0 Å². The highest BCUT2D eigenvalue weighted by molar-refractivity contribution is 5.78. The lowest BCUT2D eigenvalue weighted by Crippen LogP contribution is -2.33. The molecule has 1 fully saturated rings. The molecule has 120 valence electrons. The average Bonchev–Trinajstić information content (AvgIpc) is 2.85. The molecule has 0 amide bonds. The number of rotatable bonds is 5. The maximum Gasteiger partial charge on any atom is 0.147 e. The Bertz CT molecular complexity index is 560. The van der Waals surface area contributed by atoms with Crippen molar-refractivity contribution in [2.24, 2.45) is 16.5 Å². The summed E-state index contributed by atoms with van der Waals surface area (Å²) in [5, 5.41) is 3.38. The largest absolute Gasteiger partial charge is 0.399 e. The summed E-state index contributed by atoms with van der Waals surface area (Å²) in [5.41, 5.74) is 13.4. The first-order valence-corrected chi connectivity index (χ1v) is 7.43. The number of hydrogen-bond donors (Lipinski definition) is 3. The number of nitrogens with one attached hydrogen (secondary N) is 1. The van der Waals surface area contributed by atoms with Crippen molar-refractivity contribution < 1.29 is 4.39 Å². The molecule has 0 saturated carbocycles. The van der Waals surface area contributed by atoms with E-state index in [0.717, 1.165) is 25.1 Å². The summed E-state index contributed by atoms with van der Waals surface area (Å²) >= 11 is 0. The molecule has 1 aromatic carbocycles. The van der Waals surface area contributed by atoms with Gasteiger partial charge >= 0.3 is 0 Å². The normalized spacial score (nSPS) is 20.9. The van der Waals surface area contributed by atoms with E-state index in [-0.39, 0.29) is 5.82 Å². The summed E-state index contributed by atoms with van der Waals surface area (Å²) < 4.78 is 13.0. The number of aliphatic imine (C=N–C) groups is 1. The number of hydrogen-bond acceptors (Lipinski definition) is 4. The van der Waals surface area contributed by atoms with E-state index in [4.69, 9.17) is 11.5 Å². The molecular weight excluding hydrogens is 281 g/mol. The van der Waals surface area contributed by atoms with Crippen LogP contribution in [0, 0.1) is 5.82 Å². The number of nitrogens with zero attached hydrogens (tertiary/aromatic N) is 2. The standard InChI is InChI=1S/C16H24FN5/c1-11(18)20-16(21-14-7-8-22(2)10-14)15(19)9-12-3-5-13(17)6-4-12/h3-6,14,21H,7-10,19H2,1-2H3,(H2,18,20)/b16-15+. The maximum atomic E-state index is 13.0. The van der Waals surface area contributed by atoms with Crippen molar-refractivity contribution in [2.45, 2.75) is 25.8 Å². The number of nitrogens with two attached hydrogens (primary N) is 2. The van der Waals surface area contributed by atoms with Gasteiger partial charge in [-0.15, -0.1) is 0 Å². The highest BCUT2D eigenvalue weighted by atomic mass is 19.1. The van der Waals surface area contributed by atoms with Crippen LogP contribution in [0.2, 0.25) is 0 Å². The Morgan fingerprint density at radius 3 is 2.59 bits per heavy atom. The number of halogens is 1. The van der Waals surface area contributed by atoms with Crippen LogP contribution in [0.5, 0.6) is 0 Å². The smallest absolute Gasteiger partial charge is 0.147 e. The van der Waals surface area contributed by atoms with Crippen LogP contribution in [-0.2, 0) is 6.42 Å². The van der Waals surface area contributed by atoms with Gasteiger partial charge in [-0.2, -0.15) is 0 Å². The molecule has 1 unspecified atom stereocenters. The first-order chi connectivity index (χ1) is 10.4. The van der Waals surface area contributed by atoms with Gasteiger partial charge in [-0.05, 0) is 44.6 Å². The van der Waals surface area contributed by atoms with Crippen molar-refractivity contribution in [3.63, 3.8) is 0 Å². The molecule has 0 spiro atoms. The van der Waals surface area contributed by atoms with Crippen molar-refractivity contribution in [1.29, 1.82) is 0 Å². The van der Waals surface area contributed by atoms with Crippen molar-refractivity contribution in [3.8, 4) is 0 Å². The number of allylic oxidation sites excluding steroid dienone is 1. The van der Waals surface area contributed by atoms with Gasteiger partial charge < -0.3 is 21.7 Å². The molecule has 1 saturated heterocycles. The zero-order valence-electron chi connectivity index (χ0n) is 13.1. The van der Waals surface area contributed by atoms with Crippen molar-refractivity contribution in [1.82, 2.24) is 10.2 Å². The zero-order valence-corrected chi connectivity index (χ0v) is 13.1. The van der Waals surface area contributed by atoms with Gasteiger partial charge in [0.25, 0.3) is 0 Å². The van der Waals surface area contributed by atoms with Crippen LogP contribution in [0.3, 0.4) is 0 Å². The van der Waals surface area contributed by atoms with Gasteiger partial charge in [0.15, 0.2) is 0 Å². The highest BCUT2D eigenvalue weighted by Gasteiger charge is 2.20. The van der Waals surface area contributed by atoms with E-state index >= 15 is 0 Å². The molecule has 1 aromatic rings. The lowest BCUT2D eigenvalue weighted by Gasteiger charge is -2.17. The average molecular weight is 305 g/mol. The second-order valence-electron chi connectivity index (χ2n) is 5.82. The Morgan fingerprint density at radius 2 is 2.05 bits per heavy atom. The predicted octanol–water partition coefficient (Wildman–Crippen LogP) is 1.17. The van der Waals surface area contributed by atoms with Gasteiger partial charge in [0.05, 0.1) is 11.5 Å². The third-order valence-corrected chi connectivity index (χ3v) is 3.63. The minimum Gasteiger partial charge on any atom is -0.399 e. The second kappa shape index (κ2) is 7.26. The molecule has 0 aromatic heterocycles. The topological polar surface area (TPSA) is 79.7 Å². The van der Waals surface area contributed by atoms with Gasteiger partial charge in [0, 0.05) is 19.0 Å². The van der Waals surface area contributed by atoms with E-state index < -0.39 is 0 Å². The van der Waals surface area contributed by atoms with Gasteiger partial charge in [-0.1, -0.05) is 12.1 Å². The number of likely N-dealkylation sites (tertiary alicyclic amines) is 1. The summed E-state index contributed by atoms with van der Waals surface area (Å²) in [6.07, 6.45) is 1.55. The molecule has 5 N–H and O–H groups in total. The second-order valence-corrected chi connectivity index (χ2v) is 5.82. The van der Waals surface area contributed by atoms with Crippen molar-refractivity contribution >= 4 is 5.84 Å². The van der Waals surface area contributed by atoms with Gasteiger partial charge in [0.2, 0.25) is 0 Å². The van der Waals surface area contributed by atoms with E-state index in [2.05, 4.69) is 22.3 Å². The van der Waals surface area contributed by atoms with Crippen LogP contribution in [0.25, 0.3) is 0 Å². The van der Waals surface area contributed by atoms with E-state index in [0.29, 0.717) is 29.8 Å². The quantitative estimate of drug-likeness (QED) is 0.563. The lowest BCUT2D eigenvalue weighted by atomic mass is 10.1. The number of amidine groups is 1. The summed E-state index contributed by atoms with van der Waals surface area (Å²) in [4.78, 5) is 6.58. The summed E-state index contributed by atoms with van der Waals surface area (Å²) in [6.45, 7) is 3.73. The summed E-state index contributed by atoms with van der Waals surface area (Å²) in [5.74, 6) is 0.815. The van der Waals surface area contributed by atoms with E-state index in [1.54, 1.807) is 19.1 Å². The van der Waals surface area contributed by atoms with Gasteiger partial charge in [0.1, 0.15) is 11.6 Å². The molecule has 1 atom stereocenters. The summed E-state index contributed by atoms with van der Waals surface area (Å²) in [7, 11) is 2.09. The molecule has 1 aliphatic heterocycles. The fourth-order valence-electron chi connectivity index (χ4n) is 2.53. The number of likely N-dealkylation sites (N-methyl/N-ethyl adjacent to an activating group) is 1. The highest BCUT2D eigenvalue weighted by Crippen LogP contribution is 2.13. The maximum absolute atomic E-state index is 13.0. The molecular formula is C16H24FN5. The molecule has 6 heteroatoms.